The first-order valence-electron chi connectivity index (χ1n) is 4.38. The molecule has 0 fully saturated rings. The molecule has 0 aliphatic heterocycles. The van der Waals surface area contributed by atoms with Crippen LogP contribution in [0.2, 0.25) is 0 Å². The zero-order valence-electron chi connectivity index (χ0n) is 8.25. The largest absolute Gasteiger partial charge is 0.395 e. The fourth-order valence-corrected chi connectivity index (χ4v) is 2.04. The van der Waals surface area contributed by atoms with E-state index >= 15 is 0 Å². The van der Waals surface area contributed by atoms with Crippen molar-refractivity contribution >= 4 is 21.8 Å². The van der Waals surface area contributed by atoms with Gasteiger partial charge >= 0.3 is 0 Å². The van der Waals surface area contributed by atoms with Crippen LogP contribution in [0.3, 0.4) is 0 Å². The molecule has 1 rings (SSSR count). The van der Waals surface area contributed by atoms with E-state index in [4.69, 9.17) is 5.11 Å². The van der Waals surface area contributed by atoms with Crippen LogP contribution in [-0.2, 0) is 14.8 Å². The first kappa shape index (κ1) is 12.5. The molecule has 1 aromatic carbocycles. The standard InChI is InChI=1S/C9H10N2O4S/c12-6-5-11-16(14,15)9-3-1-8(2-4-9)10-7-13/h1-4,11-12H,5-6H2. The monoisotopic (exact) mass is 242 g/mol. The van der Waals surface area contributed by atoms with Crippen molar-refractivity contribution in [3.05, 3.63) is 24.3 Å². The molecule has 6 nitrogen and oxygen atoms in total. The van der Waals surface area contributed by atoms with E-state index in [1.54, 1.807) is 0 Å². The molecule has 1 aromatic rings. The number of hydrogen-bond acceptors (Lipinski definition) is 5. The lowest BCUT2D eigenvalue weighted by atomic mass is 10.3. The Kier molecular flexibility index (Phi) is 4.33. The number of aliphatic imine (C=N–C) groups is 1. The van der Waals surface area contributed by atoms with Gasteiger partial charge in [-0.3, -0.25) is 0 Å². The lowest BCUT2D eigenvalue weighted by molar-refractivity contribution is 0.301. The molecule has 0 saturated carbocycles. The van der Waals surface area contributed by atoms with Gasteiger partial charge in [0.05, 0.1) is 17.2 Å². The molecule has 16 heavy (non-hydrogen) atoms. The average Bonchev–Trinajstić information content (AvgIpc) is 2.28. The number of nitrogens with zero attached hydrogens (tertiary/aromatic N) is 1. The van der Waals surface area contributed by atoms with Gasteiger partial charge in [0.15, 0.2) is 0 Å². The van der Waals surface area contributed by atoms with Gasteiger partial charge in [0.25, 0.3) is 0 Å². The third-order valence-electron chi connectivity index (χ3n) is 1.73. The zero-order valence-corrected chi connectivity index (χ0v) is 9.07. The number of isocyanates is 1. The van der Waals surface area contributed by atoms with Gasteiger partial charge in [0.1, 0.15) is 0 Å². The molecule has 0 atom stereocenters. The molecular formula is C9H10N2O4S. The number of nitrogens with one attached hydrogen (secondary N) is 1. The van der Waals surface area contributed by atoms with Crippen molar-refractivity contribution in [1.82, 2.24) is 4.72 Å². The summed E-state index contributed by atoms with van der Waals surface area (Å²) < 4.78 is 25.3. The van der Waals surface area contributed by atoms with Crippen molar-refractivity contribution in [2.45, 2.75) is 4.90 Å². The highest BCUT2D eigenvalue weighted by Gasteiger charge is 2.12. The van der Waals surface area contributed by atoms with E-state index in [0.29, 0.717) is 5.69 Å². The van der Waals surface area contributed by atoms with Crippen LogP contribution in [0.1, 0.15) is 0 Å². The first-order valence-corrected chi connectivity index (χ1v) is 5.87. The van der Waals surface area contributed by atoms with E-state index in [0.717, 1.165) is 0 Å². The van der Waals surface area contributed by atoms with Crippen LogP contribution in [0.4, 0.5) is 5.69 Å². The molecule has 0 heterocycles. The molecule has 86 valence electrons. The number of carbonyl (C=O) groups excluding carboxylic acids is 1. The Morgan fingerprint density at radius 2 is 1.94 bits per heavy atom. The van der Waals surface area contributed by atoms with Crippen LogP contribution in [0.15, 0.2) is 34.2 Å². The topological polar surface area (TPSA) is 95.8 Å². The molecule has 2 N–H and O–H groups in total. The summed E-state index contributed by atoms with van der Waals surface area (Å²) in [4.78, 5) is 13.3. The number of rotatable bonds is 5. The SMILES string of the molecule is O=C=Nc1ccc(S(=O)(=O)NCCO)cc1. The Labute approximate surface area is 92.7 Å². The van der Waals surface area contributed by atoms with E-state index in [9.17, 15) is 13.2 Å². The Balaban J connectivity index is 2.92. The minimum absolute atomic E-state index is 0.0451. The maximum absolute atomic E-state index is 11.5. The van der Waals surface area contributed by atoms with E-state index in [-0.39, 0.29) is 18.0 Å². The van der Waals surface area contributed by atoms with Gasteiger partial charge in [-0.25, -0.2) is 17.9 Å². The van der Waals surface area contributed by atoms with E-state index in [1.807, 2.05) is 0 Å². The summed E-state index contributed by atoms with van der Waals surface area (Å²) in [6.07, 6.45) is 1.35. The van der Waals surface area contributed by atoms with E-state index in [1.165, 1.54) is 30.3 Å². The van der Waals surface area contributed by atoms with Gasteiger partial charge in [0.2, 0.25) is 16.1 Å². The van der Waals surface area contributed by atoms with Crippen molar-refractivity contribution in [2.24, 2.45) is 4.99 Å². The van der Waals surface area contributed by atoms with Crippen molar-refractivity contribution in [3.63, 3.8) is 0 Å². The highest BCUT2D eigenvalue weighted by atomic mass is 32.2. The summed E-state index contributed by atoms with van der Waals surface area (Å²) in [5, 5.41) is 8.51. The molecular weight excluding hydrogens is 232 g/mol. The van der Waals surface area contributed by atoms with Crippen LogP contribution in [0.25, 0.3) is 0 Å². The second-order valence-electron chi connectivity index (χ2n) is 2.82. The second kappa shape index (κ2) is 5.53. The van der Waals surface area contributed by atoms with Gasteiger partial charge in [-0.15, -0.1) is 0 Å². The Morgan fingerprint density at radius 3 is 2.44 bits per heavy atom. The van der Waals surface area contributed by atoms with Crippen LogP contribution in [0.5, 0.6) is 0 Å². The Bertz CT molecular complexity index is 489. The van der Waals surface area contributed by atoms with Gasteiger partial charge in [-0.1, -0.05) is 0 Å². The van der Waals surface area contributed by atoms with Crippen LogP contribution in [-0.4, -0.2) is 32.8 Å². The number of aliphatic hydroxyl groups excluding tert-OH is 1. The summed E-state index contributed by atoms with van der Waals surface area (Å²) in [6.45, 7) is -0.316. The molecule has 0 bridgehead atoms. The summed E-state index contributed by atoms with van der Waals surface area (Å²) in [7, 11) is -3.60. The zero-order chi connectivity index (χ0) is 12.0. The average molecular weight is 242 g/mol. The van der Waals surface area contributed by atoms with Crippen LogP contribution < -0.4 is 4.72 Å². The lowest BCUT2D eigenvalue weighted by Gasteiger charge is -2.04. The van der Waals surface area contributed by atoms with Gasteiger partial charge in [-0.2, -0.15) is 4.99 Å². The molecule has 0 radical (unpaired) electrons. The maximum Gasteiger partial charge on any atom is 0.240 e. The molecule has 0 spiro atoms. The molecule has 7 heteroatoms. The van der Waals surface area contributed by atoms with Crippen molar-refractivity contribution < 1.29 is 18.3 Å². The molecule has 0 unspecified atom stereocenters. The fourth-order valence-electron chi connectivity index (χ4n) is 1.02. The quantitative estimate of drug-likeness (QED) is 0.557. The highest BCUT2D eigenvalue weighted by Crippen LogP contribution is 2.15. The van der Waals surface area contributed by atoms with Crippen molar-refractivity contribution in [3.8, 4) is 0 Å². The van der Waals surface area contributed by atoms with Gasteiger partial charge < -0.3 is 5.11 Å². The summed E-state index contributed by atoms with van der Waals surface area (Å²) in [6, 6.07) is 5.41. The van der Waals surface area contributed by atoms with Crippen molar-refractivity contribution in [1.29, 1.82) is 0 Å². The fraction of sp³-hybridized carbons (Fsp3) is 0.222. The maximum atomic E-state index is 11.5. The van der Waals surface area contributed by atoms with Gasteiger partial charge in [-0.05, 0) is 24.3 Å². The summed E-state index contributed by atoms with van der Waals surface area (Å²) >= 11 is 0. The van der Waals surface area contributed by atoms with E-state index in [2.05, 4.69) is 9.71 Å². The predicted molar refractivity (Wildman–Crippen MR) is 56.5 cm³/mol. The first-order chi connectivity index (χ1) is 7.60. The lowest BCUT2D eigenvalue weighted by Crippen LogP contribution is -2.26. The minimum atomic E-state index is -3.60. The molecule has 0 saturated heterocycles. The number of sulfonamides is 1. The smallest absolute Gasteiger partial charge is 0.240 e. The van der Waals surface area contributed by atoms with Gasteiger partial charge in [0, 0.05) is 6.54 Å². The highest BCUT2D eigenvalue weighted by molar-refractivity contribution is 7.89. The molecule has 0 amide bonds. The Hall–Kier alpha value is -1.53. The molecule has 0 aromatic heterocycles. The minimum Gasteiger partial charge on any atom is -0.395 e. The summed E-state index contributed by atoms with van der Waals surface area (Å²) in [5.41, 5.74) is 0.330. The molecule has 0 aliphatic rings. The predicted octanol–water partition coefficient (Wildman–Crippen LogP) is -0.0755. The number of hydrogen-bond donors (Lipinski definition) is 2. The normalized spacial score (nSPS) is 10.8. The molecule has 0 aliphatic carbocycles. The number of aliphatic hydroxyl groups is 1. The second-order valence-corrected chi connectivity index (χ2v) is 4.59. The third kappa shape index (κ3) is 3.25. The van der Waals surface area contributed by atoms with Crippen molar-refractivity contribution in [2.75, 3.05) is 13.2 Å². The van der Waals surface area contributed by atoms with E-state index < -0.39 is 10.0 Å². The Morgan fingerprint density at radius 1 is 1.31 bits per heavy atom. The third-order valence-corrected chi connectivity index (χ3v) is 3.20. The number of benzene rings is 1. The summed E-state index contributed by atoms with van der Waals surface area (Å²) in [5.74, 6) is 0. The van der Waals surface area contributed by atoms with Crippen LogP contribution in [0, 0.1) is 0 Å². The van der Waals surface area contributed by atoms with Crippen LogP contribution >= 0.6 is 0 Å².